The van der Waals surface area contributed by atoms with E-state index < -0.39 is 11.9 Å². The van der Waals surface area contributed by atoms with E-state index in [0.717, 1.165) is 42.6 Å². The van der Waals surface area contributed by atoms with E-state index in [0.29, 0.717) is 65.1 Å². The number of fused-ring (bicyclic) bond motifs is 1. The average Bonchev–Trinajstić information content (AvgIpc) is 3.59. The topological polar surface area (TPSA) is 193 Å². The fourth-order valence-electron chi connectivity index (χ4n) is 7.75. The number of nitrogens with one attached hydrogen (secondary N) is 2. The highest BCUT2D eigenvalue weighted by molar-refractivity contribution is 6.06. The number of carbonyl (C=O) groups is 4. The Balaban J connectivity index is 0.784. The van der Waals surface area contributed by atoms with Crippen LogP contribution in [0.25, 0.3) is 22.6 Å². The van der Waals surface area contributed by atoms with Crippen molar-refractivity contribution in [2.24, 2.45) is 5.92 Å². The number of aromatic nitrogens is 4. The van der Waals surface area contributed by atoms with Gasteiger partial charge in [0.25, 0.3) is 11.5 Å². The first-order chi connectivity index (χ1) is 28.7. The molecule has 3 aliphatic rings. The molecule has 3 aromatic carbocycles. The van der Waals surface area contributed by atoms with Crippen LogP contribution in [0.4, 0.5) is 5.69 Å². The first-order valence-electron chi connectivity index (χ1n) is 19.6. The molecule has 0 radical (unpaired) electrons. The van der Waals surface area contributed by atoms with Crippen LogP contribution < -0.4 is 20.9 Å². The van der Waals surface area contributed by atoms with Crippen molar-refractivity contribution in [3.63, 3.8) is 0 Å². The summed E-state index contributed by atoms with van der Waals surface area (Å²) in [6.45, 7) is 3.25. The van der Waals surface area contributed by atoms with Gasteiger partial charge in [-0.15, -0.1) is 0 Å². The highest BCUT2D eigenvalue weighted by Gasteiger charge is 2.40. The van der Waals surface area contributed by atoms with Crippen molar-refractivity contribution < 1.29 is 23.9 Å². The van der Waals surface area contributed by atoms with Crippen LogP contribution in [-0.4, -0.2) is 85.5 Å². The van der Waals surface area contributed by atoms with E-state index in [9.17, 15) is 29.2 Å². The Kier molecular flexibility index (Phi) is 11.3. The number of imide groups is 1. The van der Waals surface area contributed by atoms with Gasteiger partial charge in [0.2, 0.25) is 17.7 Å². The summed E-state index contributed by atoms with van der Waals surface area (Å²) < 4.78 is 7.48. The Labute approximate surface area is 339 Å². The molecule has 0 saturated carbocycles. The molecule has 1 unspecified atom stereocenters. The van der Waals surface area contributed by atoms with Gasteiger partial charge in [0.15, 0.2) is 11.6 Å². The Morgan fingerprint density at radius 3 is 2.49 bits per heavy atom. The molecule has 0 spiro atoms. The number of anilines is 1. The predicted octanol–water partition coefficient (Wildman–Crippen LogP) is 4.17. The summed E-state index contributed by atoms with van der Waals surface area (Å²) in [5.41, 5.74) is 4.97. The van der Waals surface area contributed by atoms with E-state index >= 15 is 0 Å². The molecule has 5 heterocycles. The maximum Gasteiger partial charge on any atom is 0.267 e. The van der Waals surface area contributed by atoms with Crippen molar-refractivity contribution in [3.8, 4) is 34.5 Å². The summed E-state index contributed by atoms with van der Waals surface area (Å²) in [7, 11) is 0. The Hall–Kier alpha value is -7.05. The van der Waals surface area contributed by atoms with Gasteiger partial charge in [0.1, 0.15) is 6.04 Å². The number of hydrogen-bond acceptors (Lipinski definition) is 11. The van der Waals surface area contributed by atoms with Crippen molar-refractivity contribution in [2.75, 3.05) is 31.6 Å². The summed E-state index contributed by atoms with van der Waals surface area (Å²) in [4.78, 5) is 75.7. The molecule has 3 aliphatic heterocycles. The van der Waals surface area contributed by atoms with Gasteiger partial charge in [-0.3, -0.25) is 29.3 Å². The quantitative estimate of drug-likeness (QED) is 0.172. The lowest BCUT2D eigenvalue weighted by atomic mass is 9.97. The van der Waals surface area contributed by atoms with Crippen LogP contribution in [0.2, 0.25) is 0 Å². The molecule has 2 N–H and O–H groups in total. The molecular weight excluding hydrogens is 751 g/mol. The smallest absolute Gasteiger partial charge is 0.267 e. The molecule has 2 saturated heterocycles. The van der Waals surface area contributed by atoms with Gasteiger partial charge in [-0.05, 0) is 80.2 Å². The van der Waals surface area contributed by atoms with Gasteiger partial charge >= 0.3 is 0 Å². The zero-order chi connectivity index (χ0) is 40.9. The van der Waals surface area contributed by atoms with Gasteiger partial charge < -0.3 is 19.9 Å². The first kappa shape index (κ1) is 38.8. The second kappa shape index (κ2) is 17.2. The Morgan fingerprint density at radius 1 is 0.915 bits per heavy atom. The molecule has 0 bridgehead atoms. The zero-order valence-electron chi connectivity index (χ0n) is 32.2. The molecule has 59 heavy (non-hydrogen) atoms. The highest BCUT2D eigenvalue weighted by Crippen LogP contribution is 2.32. The first-order valence-corrected chi connectivity index (χ1v) is 19.6. The summed E-state index contributed by atoms with van der Waals surface area (Å²) in [6, 6.07) is 24.5. The van der Waals surface area contributed by atoms with Crippen LogP contribution in [0, 0.1) is 17.2 Å². The number of nitrogens with zero attached hydrogens (tertiary/aromatic N) is 7. The fraction of sp³-hybridized carbons (Fsp3) is 0.295. The van der Waals surface area contributed by atoms with Crippen LogP contribution in [0.1, 0.15) is 59.2 Å². The summed E-state index contributed by atoms with van der Waals surface area (Å²) >= 11 is 0. The van der Waals surface area contributed by atoms with E-state index in [1.54, 1.807) is 54.9 Å². The molecule has 2 aromatic heterocycles. The third-order valence-electron chi connectivity index (χ3n) is 11.0. The second-order valence-electron chi connectivity index (χ2n) is 15.0. The van der Waals surface area contributed by atoms with Crippen LogP contribution in [0.5, 0.6) is 5.75 Å². The highest BCUT2D eigenvalue weighted by atomic mass is 16.5. The molecule has 0 aliphatic carbocycles. The van der Waals surface area contributed by atoms with Gasteiger partial charge in [-0.2, -0.15) is 10.4 Å². The number of nitriles is 1. The normalized spacial score (nSPS) is 17.0. The lowest BCUT2D eigenvalue weighted by Crippen LogP contribution is -2.52. The number of ether oxygens (including phenoxy) is 1. The van der Waals surface area contributed by atoms with E-state index in [1.165, 1.54) is 15.6 Å². The predicted molar refractivity (Wildman–Crippen MR) is 216 cm³/mol. The lowest BCUT2D eigenvalue weighted by molar-refractivity contribution is -0.137. The Morgan fingerprint density at radius 2 is 1.69 bits per heavy atom. The maximum atomic E-state index is 13.1. The van der Waals surface area contributed by atoms with E-state index in [4.69, 9.17) is 4.74 Å². The van der Waals surface area contributed by atoms with Crippen molar-refractivity contribution in [1.82, 2.24) is 34.9 Å². The molecule has 298 valence electrons. The third-order valence-corrected chi connectivity index (χ3v) is 11.0. The van der Waals surface area contributed by atoms with E-state index in [2.05, 4.69) is 36.7 Å². The molecule has 1 atom stereocenters. The maximum absolute atomic E-state index is 13.1. The lowest BCUT2D eigenvalue weighted by Gasteiger charge is -2.31. The molecule has 5 aromatic rings. The molecule has 8 rings (SSSR count). The Bertz CT molecular complexity index is 2520. The molecule has 15 nitrogen and oxygen atoms in total. The SMILES string of the molecule is N#Cc1cccc(-c2ccc(=O)n(Cc3cccc(-c4ncc(OCC5CCN(CCC(=O)Nc6cccc7c6CN(C6CCC(=O)NC6=O)C7=O)CC5)cn4)c3)n2)c1. The van der Waals surface area contributed by atoms with E-state index in [-0.39, 0.29) is 49.2 Å². The minimum absolute atomic E-state index is 0.149. The van der Waals surface area contributed by atoms with Crippen LogP contribution in [-0.2, 0) is 27.5 Å². The fourth-order valence-corrected chi connectivity index (χ4v) is 7.75. The van der Waals surface area contributed by atoms with Crippen molar-refractivity contribution in [1.29, 1.82) is 5.26 Å². The van der Waals surface area contributed by atoms with Gasteiger partial charge in [-0.25, -0.2) is 14.6 Å². The summed E-state index contributed by atoms with van der Waals surface area (Å²) in [5.74, 6) is 0.212. The molecular formula is C44H41N9O6. The van der Waals surface area contributed by atoms with E-state index in [1.807, 2.05) is 30.3 Å². The molecule has 4 amide bonds. The van der Waals surface area contributed by atoms with Gasteiger partial charge in [0.05, 0.1) is 42.9 Å². The van der Waals surface area contributed by atoms with Gasteiger partial charge in [0, 0.05) is 59.9 Å². The second-order valence-corrected chi connectivity index (χ2v) is 15.0. The molecule has 15 heteroatoms. The minimum Gasteiger partial charge on any atom is -0.490 e. The summed E-state index contributed by atoms with van der Waals surface area (Å²) in [5, 5.41) is 19.1. The monoisotopic (exact) mass is 791 g/mol. The number of rotatable bonds is 12. The number of carbonyl (C=O) groups excluding carboxylic acids is 4. The largest absolute Gasteiger partial charge is 0.490 e. The number of likely N-dealkylation sites (tertiary alicyclic amines) is 1. The van der Waals surface area contributed by atoms with Gasteiger partial charge in [-0.1, -0.05) is 36.4 Å². The number of piperidine rings is 2. The summed E-state index contributed by atoms with van der Waals surface area (Å²) in [6.07, 6.45) is 5.92. The average molecular weight is 792 g/mol. The third kappa shape index (κ3) is 8.93. The van der Waals surface area contributed by atoms with Crippen molar-refractivity contribution in [2.45, 2.75) is 51.2 Å². The standard InChI is InChI=1S/C44H41N9O6/c45-22-29-4-1-6-31(20-29)36-10-13-41(56)53(50-36)25-30-5-2-7-32(21-30)42-46-23-33(24-47-42)59-27-28-14-17-51(18-15-28)19-16-40(55)48-37-9-3-8-34-35(37)26-52(44(34)58)38-11-12-39(54)49-43(38)57/h1-10,13,20-21,23-24,28,38H,11-12,14-19,25-27H2,(H,48,55)(H,49,54,57). The minimum atomic E-state index is -0.717. The number of hydrogen-bond donors (Lipinski definition) is 2. The number of amides is 4. The van der Waals surface area contributed by atoms with Crippen LogP contribution >= 0.6 is 0 Å². The van der Waals surface area contributed by atoms with Crippen LogP contribution in [0.15, 0.2) is 96.1 Å². The van der Waals surface area contributed by atoms with Crippen molar-refractivity contribution >= 4 is 29.3 Å². The molecule has 2 fully saturated rings. The van der Waals surface area contributed by atoms with Crippen LogP contribution in [0.3, 0.4) is 0 Å². The van der Waals surface area contributed by atoms with Crippen molar-refractivity contribution in [3.05, 3.63) is 124 Å². The zero-order valence-corrected chi connectivity index (χ0v) is 32.2. The number of benzene rings is 3.